The predicted molar refractivity (Wildman–Crippen MR) is 131 cm³/mol. The van der Waals surface area contributed by atoms with Gasteiger partial charge in [-0.3, -0.25) is 4.79 Å². The lowest BCUT2D eigenvalue weighted by Gasteiger charge is -2.26. The third-order valence-corrected chi connectivity index (χ3v) is 7.16. The normalized spacial score (nSPS) is 24.7. The number of ether oxygens (including phenoxy) is 2. The van der Waals surface area contributed by atoms with E-state index in [0.717, 1.165) is 18.4 Å². The number of alkyl halides is 1. The Hall–Kier alpha value is -3.51. The summed E-state index contributed by atoms with van der Waals surface area (Å²) in [6.45, 7) is 1.36. The van der Waals surface area contributed by atoms with Crippen molar-refractivity contribution in [3.05, 3.63) is 40.6 Å². The van der Waals surface area contributed by atoms with Crippen molar-refractivity contribution >= 4 is 34.4 Å². The Balaban J connectivity index is 1.50. The minimum Gasteiger partial charge on any atom is -0.386 e. The summed E-state index contributed by atoms with van der Waals surface area (Å²) in [4.78, 5) is 35.6. The molecule has 3 atom stereocenters. The van der Waals surface area contributed by atoms with E-state index in [1.165, 1.54) is 10.9 Å². The number of pyridine rings is 2. The van der Waals surface area contributed by atoms with Gasteiger partial charge in [0.2, 0.25) is 0 Å². The molecule has 2 aliphatic heterocycles. The number of carbonyl (C=O) groups is 1. The first kappa shape index (κ1) is 22.9. The van der Waals surface area contributed by atoms with Crippen molar-refractivity contribution in [1.82, 2.24) is 24.4 Å². The van der Waals surface area contributed by atoms with Gasteiger partial charge in [-0.25, -0.2) is 23.7 Å². The molecule has 1 aliphatic carbocycles. The molecule has 0 aromatic carbocycles. The van der Waals surface area contributed by atoms with Crippen molar-refractivity contribution in [2.45, 2.75) is 56.6 Å². The molecular formula is C24H28FN7O4. The van der Waals surface area contributed by atoms with Gasteiger partial charge in [-0.1, -0.05) is 0 Å². The Kier molecular flexibility index (Phi) is 5.84. The van der Waals surface area contributed by atoms with Crippen molar-refractivity contribution < 1.29 is 18.7 Å². The van der Waals surface area contributed by atoms with Crippen molar-refractivity contribution in [2.75, 3.05) is 30.9 Å². The van der Waals surface area contributed by atoms with Crippen LogP contribution in [0.25, 0.3) is 11.2 Å². The molecular weight excluding hydrogens is 469 g/mol. The smallest absolute Gasteiger partial charge is 0.328 e. The first-order valence-electron chi connectivity index (χ1n) is 12.2. The predicted octanol–water partition coefficient (Wildman–Crippen LogP) is 2.69. The molecule has 2 unspecified atom stereocenters. The van der Waals surface area contributed by atoms with Crippen molar-refractivity contribution in [2.24, 2.45) is 0 Å². The average molecular weight is 498 g/mol. The van der Waals surface area contributed by atoms with Gasteiger partial charge in [0.15, 0.2) is 5.65 Å². The van der Waals surface area contributed by atoms with Gasteiger partial charge in [0.1, 0.15) is 29.5 Å². The van der Waals surface area contributed by atoms with E-state index in [4.69, 9.17) is 9.47 Å². The second kappa shape index (κ2) is 9.17. The van der Waals surface area contributed by atoms with Crippen LogP contribution in [0.5, 0.6) is 0 Å². The summed E-state index contributed by atoms with van der Waals surface area (Å²) in [5, 5.41) is 9.14. The lowest BCUT2D eigenvalue weighted by Crippen LogP contribution is -2.43. The summed E-state index contributed by atoms with van der Waals surface area (Å²) in [6.07, 6.45) is 3.44. The SMILES string of the molecule is CNc1cc2nc3c1ncn3C(=O)NC1C[C@@H](F)CC1OCc1cc(c(=O)n(C3CCOCC3)c1)N2. The number of anilines is 3. The van der Waals surface area contributed by atoms with Crippen LogP contribution in [-0.2, 0) is 16.1 Å². The highest BCUT2D eigenvalue weighted by Gasteiger charge is 2.37. The van der Waals surface area contributed by atoms with E-state index < -0.39 is 24.3 Å². The second-order valence-electron chi connectivity index (χ2n) is 9.51. The van der Waals surface area contributed by atoms with Gasteiger partial charge < -0.3 is 30.0 Å². The highest BCUT2D eigenvalue weighted by molar-refractivity contribution is 5.94. The van der Waals surface area contributed by atoms with Crippen LogP contribution in [0.3, 0.4) is 0 Å². The first-order valence-corrected chi connectivity index (χ1v) is 12.2. The first-order chi connectivity index (χ1) is 17.5. The molecule has 11 nitrogen and oxygen atoms in total. The Morgan fingerprint density at radius 2 is 2.03 bits per heavy atom. The van der Waals surface area contributed by atoms with Crippen LogP contribution in [-0.4, -0.2) is 63.7 Å². The minimum atomic E-state index is -1.08. The standard InChI is InChI=1S/C24H28FN7O4/c1-26-17-9-20-28-18-6-13(10-31(23(18)33)15-2-4-35-5-3-15)11-36-19-8-14(25)7-16(19)29-24(34)32-12-27-21(17)22(32)30-20/h6,9-10,12,14-16,19H,2-5,7-8,11H2,1H3,(H,29,34)(H2,26,28,30)/t14-,16?,19?/m1/s1. The number of imidazole rings is 1. The summed E-state index contributed by atoms with van der Waals surface area (Å²) in [7, 11) is 1.75. The zero-order chi connectivity index (χ0) is 24.8. The number of carbonyl (C=O) groups excluding carboxylic acids is 1. The number of amides is 1. The lowest BCUT2D eigenvalue weighted by molar-refractivity contribution is 0.0267. The summed E-state index contributed by atoms with van der Waals surface area (Å²) in [5.74, 6) is 0.384. The molecule has 1 saturated heterocycles. The van der Waals surface area contributed by atoms with E-state index in [1.54, 1.807) is 23.7 Å². The molecule has 190 valence electrons. The Bertz CT molecular complexity index is 1370. The Labute approximate surface area is 206 Å². The maximum atomic E-state index is 14.4. The van der Waals surface area contributed by atoms with Gasteiger partial charge >= 0.3 is 6.03 Å². The molecule has 4 bridgehead atoms. The lowest BCUT2D eigenvalue weighted by atomic mass is 10.1. The molecule has 5 heterocycles. The molecule has 0 radical (unpaired) electrons. The van der Waals surface area contributed by atoms with E-state index >= 15 is 0 Å². The van der Waals surface area contributed by atoms with Crippen LogP contribution in [0.2, 0.25) is 0 Å². The van der Waals surface area contributed by atoms with Crippen LogP contribution in [0.1, 0.15) is 37.3 Å². The highest BCUT2D eigenvalue weighted by atomic mass is 19.1. The molecule has 6 rings (SSSR count). The van der Waals surface area contributed by atoms with Crippen molar-refractivity contribution in [3.8, 4) is 0 Å². The number of rotatable bonds is 2. The molecule has 3 N–H and O–H groups in total. The molecule has 36 heavy (non-hydrogen) atoms. The maximum absolute atomic E-state index is 14.4. The highest BCUT2D eigenvalue weighted by Crippen LogP contribution is 2.30. The molecule has 2 fully saturated rings. The maximum Gasteiger partial charge on any atom is 0.328 e. The summed E-state index contributed by atoms with van der Waals surface area (Å²) in [5.41, 5.74) is 2.39. The quantitative estimate of drug-likeness (QED) is 0.494. The molecule has 3 aromatic heterocycles. The molecule has 1 amide bonds. The third kappa shape index (κ3) is 4.09. The number of nitrogens with zero attached hydrogens (tertiary/aromatic N) is 4. The van der Waals surface area contributed by atoms with Crippen LogP contribution < -0.4 is 21.5 Å². The molecule has 1 saturated carbocycles. The number of nitrogens with one attached hydrogen (secondary N) is 3. The molecule has 3 aliphatic rings. The van der Waals surface area contributed by atoms with Gasteiger partial charge in [-0.05, 0) is 24.5 Å². The van der Waals surface area contributed by atoms with Gasteiger partial charge in [0.25, 0.3) is 5.56 Å². The zero-order valence-electron chi connectivity index (χ0n) is 19.9. The van der Waals surface area contributed by atoms with Crippen molar-refractivity contribution in [3.63, 3.8) is 0 Å². The van der Waals surface area contributed by atoms with Crippen molar-refractivity contribution in [1.29, 1.82) is 0 Å². The van der Waals surface area contributed by atoms with Gasteiger partial charge in [-0.15, -0.1) is 0 Å². The summed E-state index contributed by atoms with van der Waals surface area (Å²) in [6, 6.07) is 2.53. The monoisotopic (exact) mass is 497 g/mol. The fourth-order valence-electron chi connectivity index (χ4n) is 5.30. The molecule has 0 spiro atoms. The number of halogens is 1. The Morgan fingerprint density at radius 3 is 2.83 bits per heavy atom. The largest absolute Gasteiger partial charge is 0.386 e. The average Bonchev–Trinajstić information content (AvgIpc) is 3.46. The fraction of sp³-hybridized carbons (Fsp3) is 0.500. The van der Waals surface area contributed by atoms with E-state index in [9.17, 15) is 14.0 Å². The molecule has 12 heteroatoms. The van der Waals surface area contributed by atoms with Crippen LogP contribution in [0, 0.1) is 0 Å². The van der Waals surface area contributed by atoms with E-state index in [0.29, 0.717) is 41.6 Å². The number of hydrogen-bond acceptors (Lipinski definition) is 8. The van der Waals surface area contributed by atoms with Gasteiger partial charge in [0, 0.05) is 51.4 Å². The minimum absolute atomic E-state index is 0.00381. The molecule has 3 aromatic rings. The fourth-order valence-corrected chi connectivity index (χ4v) is 5.30. The number of aromatic nitrogens is 4. The number of fused-ring (bicyclic) bond motifs is 4. The van der Waals surface area contributed by atoms with E-state index in [-0.39, 0.29) is 31.0 Å². The van der Waals surface area contributed by atoms with E-state index in [1.807, 2.05) is 6.20 Å². The van der Waals surface area contributed by atoms with Crippen LogP contribution >= 0.6 is 0 Å². The summed E-state index contributed by atoms with van der Waals surface area (Å²) >= 11 is 0. The third-order valence-electron chi connectivity index (χ3n) is 7.16. The van der Waals surface area contributed by atoms with Crippen LogP contribution in [0.4, 0.5) is 26.4 Å². The summed E-state index contributed by atoms with van der Waals surface area (Å²) < 4.78 is 29.0. The Morgan fingerprint density at radius 1 is 1.19 bits per heavy atom. The van der Waals surface area contributed by atoms with Gasteiger partial charge in [-0.2, -0.15) is 0 Å². The second-order valence-corrected chi connectivity index (χ2v) is 9.51. The van der Waals surface area contributed by atoms with E-state index in [2.05, 4.69) is 25.9 Å². The zero-order valence-corrected chi connectivity index (χ0v) is 19.9. The topological polar surface area (TPSA) is 124 Å². The van der Waals surface area contributed by atoms with Crippen LogP contribution in [0.15, 0.2) is 29.5 Å². The van der Waals surface area contributed by atoms with Gasteiger partial charge in [0.05, 0.1) is 24.4 Å². The number of hydrogen-bond donors (Lipinski definition) is 3.